The monoisotopic (exact) mass is 419 g/mol. The molecule has 0 saturated carbocycles. The number of nitrogens with one attached hydrogen (secondary N) is 1. The smallest absolute Gasteiger partial charge is 0.435 e. The summed E-state index contributed by atoms with van der Waals surface area (Å²) in [5.74, 6) is 3.40. The number of anilines is 1. The average Bonchev–Trinajstić information content (AvgIpc) is 2.66. The molecule has 0 spiro atoms. The minimum Gasteiger partial charge on any atom is -0.435 e. The van der Waals surface area contributed by atoms with Crippen molar-refractivity contribution < 1.29 is 32.2 Å². The van der Waals surface area contributed by atoms with Gasteiger partial charge in [-0.2, -0.15) is 13.2 Å². The first-order valence-electron chi connectivity index (χ1n) is 9.01. The summed E-state index contributed by atoms with van der Waals surface area (Å²) in [7, 11) is 0. The fraction of sp³-hybridized carbons (Fsp3) is 0.273. The highest BCUT2D eigenvalue weighted by Crippen LogP contribution is 2.25. The Morgan fingerprint density at radius 3 is 2.40 bits per heavy atom. The van der Waals surface area contributed by atoms with Gasteiger partial charge >= 0.3 is 18.2 Å². The number of alkyl halides is 3. The van der Waals surface area contributed by atoms with Crippen molar-refractivity contribution in [2.24, 2.45) is 0 Å². The number of hydrogen-bond donors (Lipinski definition) is 1. The first-order valence-corrected chi connectivity index (χ1v) is 9.01. The van der Waals surface area contributed by atoms with Crippen molar-refractivity contribution in [2.75, 3.05) is 11.9 Å². The van der Waals surface area contributed by atoms with Crippen molar-refractivity contribution in [3.05, 3.63) is 64.7 Å². The van der Waals surface area contributed by atoms with Crippen molar-refractivity contribution in [1.29, 1.82) is 0 Å². The lowest BCUT2D eigenvalue weighted by Gasteiger charge is -2.14. The highest BCUT2D eigenvalue weighted by Gasteiger charge is 2.39. The second-order valence-corrected chi connectivity index (χ2v) is 6.32. The van der Waals surface area contributed by atoms with Crippen LogP contribution in [-0.4, -0.2) is 24.8 Å². The predicted octanol–water partition coefficient (Wildman–Crippen LogP) is 5.07. The zero-order valence-corrected chi connectivity index (χ0v) is 16.6. The summed E-state index contributed by atoms with van der Waals surface area (Å²) >= 11 is 0. The van der Waals surface area contributed by atoms with E-state index in [0.29, 0.717) is 16.7 Å². The molecule has 2 aromatic carbocycles. The van der Waals surface area contributed by atoms with Crippen LogP contribution in [0.2, 0.25) is 0 Å². The van der Waals surface area contributed by atoms with Gasteiger partial charge < -0.3 is 14.8 Å². The number of aryl methyl sites for hydroxylation is 2. The standard InChI is InChI=1S/C22H20F3NO4/c1-4-29-21(28)30-19(16-8-6-5-7-9-16)11-10-17-15(3)12-14(2)13-18(17)26-20(27)22(23,24)25/h5-9,12-13,19H,4H2,1-3H3,(H,26,27). The van der Waals surface area contributed by atoms with Gasteiger partial charge in [-0.3, -0.25) is 4.79 Å². The van der Waals surface area contributed by atoms with Crippen LogP contribution in [0.3, 0.4) is 0 Å². The molecule has 158 valence electrons. The molecule has 30 heavy (non-hydrogen) atoms. The Balaban J connectivity index is 2.45. The van der Waals surface area contributed by atoms with Crippen molar-refractivity contribution in [3.63, 3.8) is 0 Å². The lowest BCUT2D eigenvalue weighted by atomic mass is 10.0. The second-order valence-electron chi connectivity index (χ2n) is 6.32. The van der Waals surface area contributed by atoms with Gasteiger partial charge in [0.2, 0.25) is 0 Å². The molecule has 0 aliphatic heterocycles. The molecule has 0 aliphatic rings. The van der Waals surface area contributed by atoms with Crippen molar-refractivity contribution in [3.8, 4) is 11.8 Å². The van der Waals surface area contributed by atoms with Crippen LogP contribution in [0, 0.1) is 25.7 Å². The lowest BCUT2D eigenvalue weighted by molar-refractivity contribution is -0.167. The highest BCUT2D eigenvalue weighted by atomic mass is 19.4. The molecule has 8 heteroatoms. The molecule has 2 aromatic rings. The van der Waals surface area contributed by atoms with Crippen LogP contribution in [0.25, 0.3) is 0 Å². The fourth-order valence-corrected chi connectivity index (χ4v) is 2.62. The van der Waals surface area contributed by atoms with Gasteiger partial charge in [-0.05, 0) is 43.9 Å². The number of ether oxygens (including phenoxy) is 2. The van der Waals surface area contributed by atoms with Crippen molar-refractivity contribution in [2.45, 2.75) is 33.1 Å². The Morgan fingerprint density at radius 1 is 1.13 bits per heavy atom. The molecule has 0 bridgehead atoms. The van der Waals surface area contributed by atoms with Crippen molar-refractivity contribution in [1.82, 2.24) is 0 Å². The number of carbonyl (C=O) groups is 2. The zero-order chi connectivity index (χ0) is 22.3. The molecule has 1 N–H and O–H groups in total. The summed E-state index contributed by atoms with van der Waals surface area (Å²) in [4.78, 5) is 23.2. The van der Waals surface area contributed by atoms with Crippen LogP contribution in [-0.2, 0) is 14.3 Å². The zero-order valence-electron chi connectivity index (χ0n) is 16.6. The fourth-order valence-electron chi connectivity index (χ4n) is 2.62. The van der Waals surface area contributed by atoms with Gasteiger partial charge in [0, 0.05) is 5.56 Å². The van der Waals surface area contributed by atoms with Crippen LogP contribution >= 0.6 is 0 Å². The van der Waals surface area contributed by atoms with E-state index in [1.165, 1.54) is 6.07 Å². The summed E-state index contributed by atoms with van der Waals surface area (Å²) in [5, 5.41) is 1.86. The maximum atomic E-state index is 12.7. The summed E-state index contributed by atoms with van der Waals surface area (Å²) < 4.78 is 48.1. The maximum Gasteiger partial charge on any atom is 0.509 e. The third kappa shape index (κ3) is 6.27. The molecule has 1 amide bonds. The van der Waals surface area contributed by atoms with Gasteiger partial charge in [-0.1, -0.05) is 42.3 Å². The Bertz CT molecular complexity index is 976. The van der Waals surface area contributed by atoms with E-state index in [4.69, 9.17) is 9.47 Å². The minimum absolute atomic E-state index is 0.0785. The number of hydrogen-bond acceptors (Lipinski definition) is 4. The van der Waals surface area contributed by atoms with E-state index in [0.717, 1.165) is 0 Å². The molecule has 5 nitrogen and oxygen atoms in total. The minimum atomic E-state index is -5.04. The molecular formula is C22H20F3NO4. The van der Waals surface area contributed by atoms with Gasteiger partial charge in [-0.25, -0.2) is 4.79 Å². The average molecular weight is 419 g/mol. The Morgan fingerprint density at radius 2 is 1.80 bits per heavy atom. The van der Waals surface area contributed by atoms with Gasteiger partial charge in [0.1, 0.15) is 0 Å². The van der Waals surface area contributed by atoms with Gasteiger partial charge in [0.05, 0.1) is 17.9 Å². The predicted molar refractivity (Wildman–Crippen MR) is 105 cm³/mol. The molecule has 0 heterocycles. The van der Waals surface area contributed by atoms with Crippen LogP contribution in [0.5, 0.6) is 0 Å². The van der Waals surface area contributed by atoms with E-state index < -0.39 is 24.3 Å². The molecule has 1 atom stereocenters. The normalized spacial score (nSPS) is 11.7. The van der Waals surface area contributed by atoms with Gasteiger partial charge in [0.25, 0.3) is 0 Å². The molecule has 0 aliphatic carbocycles. The van der Waals surface area contributed by atoms with Crippen LogP contribution in [0.15, 0.2) is 42.5 Å². The number of carbonyl (C=O) groups excluding carboxylic acids is 2. The van der Waals surface area contributed by atoms with Crippen LogP contribution in [0.4, 0.5) is 23.7 Å². The number of halogens is 3. The SMILES string of the molecule is CCOC(=O)OC(C#Cc1c(C)cc(C)cc1NC(=O)C(F)(F)F)c1ccccc1. The molecular weight excluding hydrogens is 399 g/mol. The molecule has 0 radical (unpaired) electrons. The topological polar surface area (TPSA) is 64.6 Å². The van der Waals surface area contributed by atoms with Crippen LogP contribution < -0.4 is 5.32 Å². The number of amides is 1. The Labute approximate surface area is 172 Å². The van der Waals surface area contributed by atoms with E-state index in [-0.39, 0.29) is 17.9 Å². The third-order valence-electron chi connectivity index (χ3n) is 3.89. The Hall–Kier alpha value is -3.47. The first kappa shape index (κ1) is 22.8. The second kappa shape index (κ2) is 9.83. The molecule has 0 aromatic heterocycles. The van der Waals surface area contributed by atoms with E-state index in [2.05, 4.69) is 11.8 Å². The van der Waals surface area contributed by atoms with Gasteiger partial charge in [-0.15, -0.1) is 0 Å². The van der Waals surface area contributed by atoms with E-state index in [1.54, 1.807) is 57.2 Å². The Kier molecular flexibility index (Phi) is 7.48. The third-order valence-corrected chi connectivity index (χ3v) is 3.89. The summed E-state index contributed by atoms with van der Waals surface area (Å²) in [6, 6.07) is 11.7. The highest BCUT2D eigenvalue weighted by molar-refractivity contribution is 5.96. The lowest BCUT2D eigenvalue weighted by Crippen LogP contribution is -2.30. The molecule has 2 rings (SSSR count). The van der Waals surface area contributed by atoms with E-state index >= 15 is 0 Å². The number of benzene rings is 2. The van der Waals surface area contributed by atoms with Crippen LogP contribution in [0.1, 0.15) is 35.3 Å². The summed E-state index contributed by atoms with van der Waals surface area (Å²) in [5.41, 5.74) is 1.88. The molecule has 1 unspecified atom stereocenters. The molecule has 0 saturated heterocycles. The van der Waals surface area contributed by atoms with E-state index in [1.807, 2.05) is 5.32 Å². The maximum absolute atomic E-state index is 12.7. The molecule has 0 fully saturated rings. The number of rotatable bonds is 4. The quantitative estimate of drug-likeness (QED) is 0.555. The summed E-state index contributed by atoms with van der Waals surface area (Å²) in [6.45, 7) is 5.07. The van der Waals surface area contributed by atoms with Gasteiger partial charge in [0.15, 0.2) is 6.10 Å². The largest absolute Gasteiger partial charge is 0.509 e. The van der Waals surface area contributed by atoms with E-state index in [9.17, 15) is 22.8 Å². The first-order chi connectivity index (χ1) is 14.1. The van der Waals surface area contributed by atoms with Crippen molar-refractivity contribution >= 4 is 17.7 Å². The summed E-state index contributed by atoms with van der Waals surface area (Å²) in [6.07, 6.45) is -6.98.